The topological polar surface area (TPSA) is 33.0 Å². The second kappa shape index (κ2) is 5.80. The minimum Gasteiger partial charge on any atom is -0.318 e. The molecule has 0 aliphatic heterocycles. The summed E-state index contributed by atoms with van der Waals surface area (Å²) >= 11 is 3.48. The molecule has 0 aromatic rings. The fraction of sp³-hybridized carbons (Fsp3) is 0.750. The van der Waals surface area contributed by atoms with Gasteiger partial charge in [-0.05, 0) is 19.3 Å². The minimum atomic E-state index is 0.556. The third-order valence-electron chi connectivity index (χ3n) is 0.524. The zero-order chi connectivity index (χ0) is 5.54. The van der Waals surface area contributed by atoms with Gasteiger partial charge < -0.3 is 4.18 Å². The van der Waals surface area contributed by atoms with E-state index in [0.717, 1.165) is 6.42 Å². The number of unbranched alkanes of at least 4 members (excludes halogenated alkanes) is 1. The van der Waals surface area contributed by atoms with Crippen LogP contribution < -0.4 is 0 Å². The maximum Gasteiger partial charge on any atom is 0.0622 e. The second-order valence-electron chi connectivity index (χ2n) is 1.09. The van der Waals surface area contributed by atoms with E-state index in [4.69, 9.17) is 5.26 Å². The summed E-state index contributed by atoms with van der Waals surface area (Å²) in [5.41, 5.74) is 0. The van der Waals surface area contributed by atoms with Crippen LogP contribution in [0.2, 0.25) is 0 Å². The van der Waals surface area contributed by atoms with Crippen molar-refractivity contribution in [3.63, 3.8) is 0 Å². The summed E-state index contributed by atoms with van der Waals surface area (Å²) in [7, 11) is 0. The van der Waals surface area contributed by atoms with E-state index in [2.05, 4.69) is 17.1 Å². The molecule has 0 unspecified atom stereocenters. The molecule has 0 bridgehead atoms. The standard InChI is InChI=1S/C4H7NOS/c5-3-1-2-4-6-7/h7H,1-2,4H2. The van der Waals surface area contributed by atoms with Gasteiger partial charge in [-0.2, -0.15) is 5.26 Å². The lowest BCUT2D eigenvalue weighted by molar-refractivity contribution is 0.374. The van der Waals surface area contributed by atoms with Gasteiger partial charge in [0, 0.05) is 6.42 Å². The first-order valence-corrected chi connectivity index (χ1v) is 2.41. The SMILES string of the molecule is N#CCCCOS. The van der Waals surface area contributed by atoms with E-state index in [-0.39, 0.29) is 0 Å². The van der Waals surface area contributed by atoms with Crippen LogP contribution in [0.1, 0.15) is 12.8 Å². The van der Waals surface area contributed by atoms with Gasteiger partial charge >= 0.3 is 0 Å². The van der Waals surface area contributed by atoms with Crippen LogP contribution in [0.5, 0.6) is 0 Å². The Bertz CT molecular complexity index is 68.6. The van der Waals surface area contributed by atoms with Gasteiger partial charge in [0.15, 0.2) is 0 Å². The Balaban J connectivity index is 2.60. The molecule has 0 fully saturated rings. The van der Waals surface area contributed by atoms with Crippen LogP contribution in [0, 0.1) is 11.3 Å². The normalized spacial score (nSPS) is 8.00. The molecular weight excluding hydrogens is 110 g/mol. The van der Waals surface area contributed by atoms with Crippen LogP contribution in [0.25, 0.3) is 0 Å². The molecule has 0 amide bonds. The molecule has 2 nitrogen and oxygen atoms in total. The molecular formula is C4H7NOS. The molecule has 0 saturated carbocycles. The van der Waals surface area contributed by atoms with Gasteiger partial charge in [-0.1, -0.05) is 0 Å². The van der Waals surface area contributed by atoms with Crippen LogP contribution in [-0.2, 0) is 4.18 Å². The molecule has 7 heavy (non-hydrogen) atoms. The zero-order valence-corrected chi connectivity index (χ0v) is 4.82. The van der Waals surface area contributed by atoms with Crippen LogP contribution in [-0.4, -0.2) is 6.61 Å². The Morgan fingerprint density at radius 1 is 1.71 bits per heavy atom. The summed E-state index contributed by atoms with van der Waals surface area (Å²) in [6.07, 6.45) is 1.33. The predicted octanol–water partition coefficient (Wildman–Crippen LogP) is 1.15. The molecule has 0 aliphatic carbocycles. The fourth-order valence-corrected chi connectivity index (χ4v) is 0.345. The average Bonchev–Trinajstić information content (AvgIpc) is 1.69. The monoisotopic (exact) mass is 117 g/mol. The van der Waals surface area contributed by atoms with E-state index in [1.165, 1.54) is 0 Å². The molecule has 40 valence electrons. The molecule has 0 aromatic carbocycles. The van der Waals surface area contributed by atoms with Crippen LogP contribution >= 0.6 is 12.9 Å². The Morgan fingerprint density at radius 3 is 2.86 bits per heavy atom. The summed E-state index contributed by atoms with van der Waals surface area (Å²) in [4.78, 5) is 0. The lowest BCUT2D eigenvalue weighted by atomic mass is 10.4. The fourth-order valence-electron chi connectivity index (χ4n) is 0.216. The largest absolute Gasteiger partial charge is 0.318 e. The third kappa shape index (κ3) is 5.80. The van der Waals surface area contributed by atoms with E-state index >= 15 is 0 Å². The first-order valence-electron chi connectivity index (χ1n) is 2.05. The van der Waals surface area contributed by atoms with E-state index < -0.39 is 0 Å². The van der Waals surface area contributed by atoms with Crippen LogP contribution in [0.4, 0.5) is 0 Å². The Kier molecular flexibility index (Phi) is 5.63. The highest BCUT2D eigenvalue weighted by Gasteiger charge is 1.80. The number of hydrogen-bond donors (Lipinski definition) is 1. The van der Waals surface area contributed by atoms with Gasteiger partial charge in [0.05, 0.1) is 12.7 Å². The number of nitrogens with zero attached hydrogens (tertiary/aromatic N) is 1. The van der Waals surface area contributed by atoms with Gasteiger partial charge in [0.25, 0.3) is 0 Å². The van der Waals surface area contributed by atoms with Crippen LogP contribution in [0.3, 0.4) is 0 Å². The molecule has 0 aromatic heterocycles. The van der Waals surface area contributed by atoms with Gasteiger partial charge in [-0.3, -0.25) is 0 Å². The van der Waals surface area contributed by atoms with Gasteiger partial charge in [0.2, 0.25) is 0 Å². The first kappa shape index (κ1) is 6.80. The van der Waals surface area contributed by atoms with E-state index in [0.29, 0.717) is 13.0 Å². The molecule has 3 heteroatoms. The Hall–Kier alpha value is -0.200. The minimum absolute atomic E-state index is 0.556. The summed E-state index contributed by atoms with van der Waals surface area (Å²) < 4.78 is 4.39. The lowest BCUT2D eigenvalue weighted by Crippen LogP contribution is -1.80. The quantitative estimate of drug-likeness (QED) is 0.342. The third-order valence-corrected chi connectivity index (χ3v) is 0.707. The zero-order valence-electron chi connectivity index (χ0n) is 3.92. The second-order valence-corrected chi connectivity index (χ2v) is 1.35. The predicted molar refractivity (Wildman–Crippen MR) is 29.8 cm³/mol. The highest BCUT2D eigenvalue weighted by atomic mass is 32.1. The summed E-state index contributed by atoms with van der Waals surface area (Å²) in [6.45, 7) is 0.566. The Morgan fingerprint density at radius 2 is 2.43 bits per heavy atom. The number of hydrogen-bond acceptors (Lipinski definition) is 3. The average molecular weight is 117 g/mol. The molecule has 0 N–H and O–H groups in total. The van der Waals surface area contributed by atoms with E-state index in [1.54, 1.807) is 0 Å². The van der Waals surface area contributed by atoms with Gasteiger partial charge in [-0.15, -0.1) is 0 Å². The van der Waals surface area contributed by atoms with Crippen molar-refractivity contribution in [3.05, 3.63) is 0 Å². The smallest absolute Gasteiger partial charge is 0.0622 e. The number of nitriles is 1. The first-order chi connectivity index (χ1) is 3.41. The van der Waals surface area contributed by atoms with E-state index in [1.807, 2.05) is 6.07 Å². The maximum atomic E-state index is 7.96. The van der Waals surface area contributed by atoms with Crippen molar-refractivity contribution in [2.45, 2.75) is 12.8 Å². The van der Waals surface area contributed by atoms with Crippen molar-refractivity contribution in [3.8, 4) is 6.07 Å². The number of rotatable bonds is 3. The summed E-state index contributed by atoms with van der Waals surface area (Å²) in [5, 5.41) is 7.96. The highest BCUT2D eigenvalue weighted by molar-refractivity contribution is 7.75. The van der Waals surface area contributed by atoms with Crippen LogP contribution in [0.15, 0.2) is 0 Å². The van der Waals surface area contributed by atoms with Crippen molar-refractivity contribution in [2.75, 3.05) is 6.61 Å². The molecule has 0 heterocycles. The van der Waals surface area contributed by atoms with E-state index in [9.17, 15) is 0 Å². The Labute approximate surface area is 48.7 Å². The maximum absolute atomic E-state index is 7.96. The molecule has 0 spiro atoms. The van der Waals surface area contributed by atoms with Crippen molar-refractivity contribution < 1.29 is 4.18 Å². The summed E-state index contributed by atoms with van der Waals surface area (Å²) in [6, 6.07) is 1.99. The molecule has 0 aliphatic rings. The molecule has 0 rings (SSSR count). The molecule has 0 saturated heterocycles. The molecule has 0 radical (unpaired) electrons. The summed E-state index contributed by atoms with van der Waals surface area (Å²) in [5.74, 6) is 0. The van der Waals surface area contributed by atoms with Crippen molar-refractivity contribution in [1.29, 1.82) is 5.26 Å². The lowest BCUT2D eigenvalue weighted by Gasteiger charge is -1.86. The van der Waals surface area contributed by atoms with Gasteiger partial charge in [0.1, 0.15) is 0 Å². The highest BCUT2D eigenvalue weighted by Crippen LogP contribution is 1.87. The van der Waals surface area contributed by atoms with Crippen molar-refractivity contribution >= 4 is 12.9 Å². The van der Waals surface area contributed by atoms with Crippen molar-refractivity contribution in [2.24, 2.45) is 0 Å². The molecule has 0 atom stereocenters. The van der Waals surface area contributed by atoms with Gasteiger partial charge in [-0.25, -0.2) is 0 Å². The number of thiol groups is 1. The van der Waals surface area contributed by atoms with Crippen molar-refractivity contribution in [1.82, 2.24) is 0 Å².